The summed E-state index contributed by atoms with van der Waals surface area (Å²) in [4.78, 5) is 0. The molecule has 1 N–H and O–H groups in total. The summed E-state index contributed by atoms with van der Waals surface area (Å²) in [6, 6.07) is 35.5. The normalized spacial score (nSPS) is 18.1. The number of rotatable bonds is 3. The Morgan fingerprint density at radius 3 is 1.82 bits per heavy atom. The van der Waals surface area contributed by atoms with Crippen molar-refractivity contribution in [1.82, 2.24) is 4.57 Å². The highest BCUT2D eigenvalue weighted by Crippen LogP contribution is 2.54. The van der Waals surface area contributed by atoms with Crippen molar-refractivity contribution in [2.75, 3.05) is 5.32 Å². The zero-order chi connectivity index (χ0) is 47.1. The van der Waals surface area contributed by atoms with Crippen LogP contribution < -0.4 is 15.6 Å². The number of thiophene rings is 1. The zero-order valence-corrected chi connectivity index (χ0v) is 43.1. The van der Waals surface area contributed by atoms with Crippen LogP contribution in [0.5, 0.6) is 0 Å². The van der Waals surface area contributed by atoms with Gasteiger partial charge in [0, 0.05) is 59.6 Å². The van der Waals surface area contributed by atoms with E-state index in [0.29, 0.717) is 0 Å². The standard InChI is InChI=1S/C62H66BN2OS/c1-57(2,3)34-19-22-36(23-20-34)64-45-32-43-41(59(7,8)25-27-61(43,11)12)30-38(45)51-52-54-49(50-37-17-15-16-18-47(37)66-55(50)51)39-29-35(58(4,5)6)21-24-46(39)65(54)53-40-31-42-44(33-48(40)67-56(53)63-52)62(13,14)28-26-60(42,9)10/h15-24,29-33,64H,25-28H2,1-14H3. The molecule has 12 rings (SSSR count). The summed E-state index contributed by atoms with van der Waals surface area (Å²) >= 11 is 1.96. The first-order valence-electron chi connectivity index (χ1n) is 24.9. The third-order valence-electron chi connectivity index (χ3n) is 16.9. The van der Waals surface area contributed by atoms with E-state index >= 15 is 0 Å². The van der Waals surface area contributed by atoms with Gasteiger partial charge in [0.15, 0.2) is 0 Å². The minimum Gasteiger partial charge on any atom is -0.455 e. The molecule has 339 valence electrons. The van der Waals surface area contributed by atoms with Crippen LogP contribution in [0.3, 0.4) is 0 Å². The van der Waals surface area contributed by atoms with Gasteiger partial charge in [-0.05, 0) is 156 Å². The van der Waals surface area contributed by atoms with Gasteiger partial charge in [-0.15, -0.1) is 11.3 Å². The van der Waals surface area contributed by atoms with E-state index in [1.807, 2.05) is 11.3 Å². The number of fused-ring (bicyclic) bond motifs is 13. The molecule has 1 radical (unpaired) electrons. The molecule has 0 spiro atoms. The third-order valence-corrected chi connectivity index (χ3v) is 18.0. The Bertz CT molecular complexity index is 3590. The number of aromatic nitrogens is 1. The van der Waals surface area contributed by atoms with Crippen LogP contribution in [-0.2, 0) is 32.5 Å². The smallest absolute Gasteiger partial charge is 0.212 e. The largest absolute Gasteiger partial charge is 0.455 e. The van der Waals surface area contributed by atoms with Crippen LogP contribution in [-0.4, -0.2) is 11.8 Å². The minimum atomic E-state index is -0.0255. The lowest BCUT2D eigenvalue weighted by molar-refractivity contribution is 0.332. The van der Waals surface area contributed by atoms with Crippen molar-refractivity contribution >= 4 is 94.1 Å². The minimum absolute atomic E-state index is 0.00208. The number of hydrogen-bond acceptors (Lipinski definition) is 3. The van der Waals surface area contributed by atoms with Crippen molar-refractivity contribution < 1.29 is 4.42 Å². The molecule has 0 amide bonds. The first kappa shape index (κ1) is 43.1. The lowest BCUT2D eigenvalue weighted by Gasteiger charge is -2.42. The van der Waals surface area contributed by atoms with E-state index in [1.165, 1.54) is 111 Å². The van der Waals surface area contributed by atoms with Gasteiger partial charge in [0.1, 0.15) is 11.2 Å². The maximum Gasteiger partial charge on any atom is 0.212 e. The molecule has 4 heterocycles. The van der Waals surface area contributed by atoms with E-state index in [9.17, 15) is 0 Å². The van der Waals surface area contributed by atoms with Crippen LogP contribution in [0.4, 0.5) is 11.4 Å². The van der Waals surface area contributed by atoms with Crippen molar-refractivity contribution in [2.45, 2.75) is 155 Å². The number of benzene rings is 6. The predicted octanol–water partition coefficient (Wildman–Crippen LogP) is 16.6. The Labute approximate surface area is 402 Å². The molecule has 0 saturated heterocycles. The molecule has 3 aromatic heterocycles. The maximum atomic E-state index is 7.37. The lowest BCUT2D eigenvalue weighted by Crippen LogP contribution is -2.36. The van der Waals surface area contributed by atoms with Gasteiger partial charge in [-0.1, -0.05) is 133 Å². The van der Waals surface area contributed by atoms with Crippen molar-refractivity contribution in [2.24, 2.45) is 0 Å². The quantitative estimate of drug-likeness (QED) is 0.179. The number of para-hydroxylation sites is 1. The molecule has 2 aliphatic carbocycles. The molecule has 3 aliphatic rings. The van der Waals surface area contributed by atoms with E-state index in [2.05, 4.69) is 205 Å². The van der Waals surface area contributed by atoms with Gasteiger partial charge in [-0.3, -0.25) is 0 Å². The van der Waals surface area contributed by atoms with E-state index in [1.54, 1.807) is 0 Å². The highest BCUT2D eigenvalue weighted by atomic mass is 32.1. The molecule has 67 heavy (non-hydrogen) atoms. The van der Waals surface area contributed by atoms with Gasteiger partial charge in [-0.2, -0.15) is 0 Å². The molecule has 5 heteroatoms. The van der Waals surface area contributed by atoms with Crippen molar-refractivity contribution in [3.63, 3.8) is 0 Å². The monoisotopic (exact) mass is 897 g/mol. The summed E-state index contributed by atoms with van der Waals surface area (Å²) in [6.45, 7) is 33.5. The van der Waals surface area contributed by atoms with Gasteiger partial charge in [0.05, 0.1) is 11.2 Å². The summed E-state index contributed by atoms with van der Waals surface area (Å²) < 4.78 is 12.7. The fourth-order valence-corrected chi connectivity index (χ4v) is 13.5. The van der Waals surface area contributed by atoms with Crippen molar-refractivity contribution in [3.05, 3.63) is 124 Å². The summed E-state index contributed by atoms with van der Waals surface area (Å²) in [6.07, 6.45) is 4.67. The number of anilines is 2. The van der Waals surface area contributed by atoms with Gasteiger partial charge in [0.25, 0.3) is 0 Å². The fourth-order valence-electron chi connectivity index (χ4n) is 12.4. The first-order valence-corrected chi connectivity index (χ1v) is 25.7. The number of nitrogens with zero attached hydrogens (tertiary/aromatic N) is 1. The topological polar surface area (TPSA) is 30.1 Å². The molecule has 1 aliphatic heterocycles. The van der Waals surface area contributed by atoms with E-state index in [-0.39, 0.29) is 32.5 Å². The fraction of sp³-hybridized carbons (Fsp3) is 0.387. The molecular weight excluding hydrogens is 832 g/mol. The van der Waals surface area contributed by atoms with Crippen LogP contribution in [0.25, 0.3) is 70.6 Å². The maximum absolute atomic E-state index is 7.37. The molecule has 0 atom stereocenters. The number of nitrogens with one attached hydrogen (secondary N) is 1. The second-order valence-corrected chi connectivity index (χ2v) is 26.5. The highest BCUT2D eigenvalue weighted by molar-refractivity contribution is 7.29. The second-order valence-electron chi connectivity index (χ2n) is 25.4. The Kier molecular flexibility index (Phi) is 8.81. The van der Waals surface area contributed by atoms with Gasteiger partial charge in [0.2, 0.25) is 7.28 Å². The Morgan fingerprint density at radius 2 is 1.18 bits per heavy atom. The molecule has 9 aromatic rings. The summed E-state index contributed by atoms with van der Waals surface area (Å²) in [5, 5.41) is 10.4. The van der Waals surface area contributed by atoms with Crippen LogP contribution in [0.2, 0.25) is 0 Å². The Morgan fingerprint density at radius 1 is 0.597 bits per heavy atom. The SMILES string of the molecule is CC(C)(C)c1ccc(Nc2cc3c(cc2-c2c4c5c(c6cc(C(C)(C)C)ccc6n5-c5c(sc6cc7c(cc56)C(C)(C)CCC7(C)C)[B]4)c4c2oc2ccccc24)C(C)(C)CCC3(C)C)cc1. The lowest BCUT2D eigenvalue weighted by atomic mass is 9.60. The Balaban J connectivity index is 1.25. The molecular formula is C62H66BN2OS. The van der Waals surface area contributed by atoms with Gasteiger partial charge >= 0.3 is 0 Å². The van der Waals surface area contributed by atoms with Crippen molar-refractivity contribution in [1.29, 1.82) is 0 Å². The highest BCUT2D eigenvalue weighted by Gasteiger charge is 2.42. The molecule has 0 fully saturated rings. The number of hydrogen-bond donors (Lipinski definition) is 1. The average molecular weight is 898 g/mol. The molecule has 3 nitrogen and oxygen atoms in total. The van der Waals surface area contributed by atoms with E-state index in [0.717, 1.165) is 40.8 Å². The van der Waals surface area contributed by atoms with E-state index < -0.39 is 0 Å². The zero-order valence-electron chi connectivity index (χ0n) is 42.3. The van der Waals surface area contributed by atoms with Crippen LogP contribution in [0, 0.1) is 0 Å². The average Bonchev–Trinajstić information content (AvgIpc) is 3.93. The Hall–Kier alpha value is -5.26. The molecule has 0 saturated carbocycles. The first-order chi connectivity index (χ1) is 31.4. The summed E-state index contributed by atoms with van der Waals surface area (Å²) in [7, 11) is 2.56. The van der Waals surface area contributed by atoms with E-state index in [4.69, 9.17) is 4.42 Å². The summed E-state index contributed by atoms with van der Waals surface area (Å²) in [5.41, 5.74) is 20.4. The van der Waals surface area contributed by atoms with Crippen molar-refractivity contribution in [3.8, 4) is 16.8 Å². The van der Waals surface area contributed by atoms with Gasteiger partial charge < -0.3 is 14.3 Å². The number of furan rings is 1. The van der Waals surface area contributed by atoms with Crippen LogP contribution >= 0.6 is 11.3 Å². The van der Waals surface area contributed by atoms with Crippen LogP contribution in [0.1, 0.15) is 156 Å². The molecule has 0 bridgehead atoms. The molecule has 0 unspecified atom stereocenters. The third kappa shape index (κ3) is 6.28. The van der Waals surface area contributed by atoms with Gasteiger partial charge in [-0.25, -0.2) is 0 Å². The molecule has 6 aromatic carbocycles. The predicted molar refractivity (Wildman–Crippen MR) is 292 cm³/mol. The summed E-state index contributed by atoms with van der Waals surface area (Å²) in [5.74, 6) is 0. The van der Waals surface area contributed by atoms with Crippen LogP contribution in [0.15, 0.2) is 95.4 Å². The second kappa shape index (κ2) is 13.7.